The number of aromatic nitrogens is 2. The van der Waals surface area contributed by atoms with Crippen LogP contribution in [0, 0.1) is 19.3 Å². The van der Waals surface area contributed by atoms with Crippen LogP contribution >= 0.6 is 0 Å². The van der Waals surface area contributed by atoms with Gasteiger partial charge in [0.25, 0.3) is 5.91 Å². The van der Waals surface area contributed by atoms with E-state index in [9.17, 15) is 9.90 Å². The Morgan fingerprint density at radius 2 is 2.00 bits per heavy atom. The maximum absolute atomic E-state index is 12.7. The summed E-state index contributed by atoms with van der Waals surface area (Å²) in [6, 6.07) is 0.509. The molecular formula is C18H29N5O2. The Labute approximate surface area is 149 Å². The van der Waals surface area contributed by atoms with Gasteiger partial charge in [0.2, 0.25) is 5.82 Å². The fourth-order valence-electron chi connectivity index (χ4n) is 3.63. The summed E-state index contributed by atoms with van der Waals surface area (Å²) < 4.78 is 0. The number of rotatable bonds is 4. The summed E-state index contributed by atoms with van der Waals surface area (Å²) in [5.74, 6) is 1.01. The fraction of sp³-hybridized carbons (Fsp3) is 0.722. The molecule has 1 N–H and O–H groups in total. The second-order valence-corrected chi connectivity index (χ2v) is 8.06. The van der Waals surface area contributed by atoms with Crippen LogP contribution in [-0.2, 0) is 0 Å². The van der Waals surface area contributed by atoms with Crippen LogP contribution in [0.3, 0.4) is 0 Å². The van der Waals surface area contributed by atoms with Crippen molar-refractivity contribution in [3.63, 3.8) is 0 Å². The Morgan fingerprint density at radius 1 is 1.32 bits per heavy atom. The summed E-state index contributed by atoms with van der Waals surface area (Å²) in [4.78, 5) is 28.0. The summed E-state index contributed by atoms with van der Waals surface area (Å²) in [5, 5.41) is 9.37. The van der Waals surface area contributed by atoms with E-state index in [0.717, 1.165) is 36.6 Å². The molecule has 0 aliphatic carbocycles. The van der Waals surface area contributed by atoms with Crippen LogP contribution in [0.1, 0.15) is 35.2 Å². The van der Waals surface area contributed by atoms with Crippen molar-refractivity contribution in [2.24, 2.45) is 5.41 Å². The van der Waals surface area contributed by atoms with E-state index < -0.39 is 0 Å². The molecule has 3 heterocycles. The van der Waals surface area contributed by atoms with E-state index in [4.69, 9.17) is 0 Å². The summed E-state index contributed by atoms with van der Waals surface area (Å²) in [6.45, 7) is 9.01. The number of likely N-dealkylation sites (N-methyl/N-ethyl adjacent to an activating group) is 1. The van der Waals surface area contributed by atoms with Crippen molar-refractivity contribution in [2.75, 3.05) is 51.8 Å². The van der Waals surface area contributed by atoms with E-state index in [-0.39, 0.29) is 23.8 Å². The fourth-order valence-corrected chi connectivity index (χ4v) is 3.63. The molecule has 0 unspecified atom stereocenters. The minimum atomic E-state index is -0.188. The molecule has 25 heavy (non-hydrogen) atoms. The lowest BCUT2D eigenvalue weighted by molar-refractivity contribution is -0.0160. The molecule has 0 saturated carbocycles. The largest absolute Gasteiger partial charge is 0.396 e. The zero-order chi connectivity index (χ0) is 18.4. The molecule has 3 rings (SSSR count). The van der Waals surface area contributed by atoms with Crippen LogP contribution in [0.5, 0.6) is 0 Å². The maximum atomic E-state index is 12.7. The SMILES string of the molecule is Cc1nc(C(=O)N2CC(C)(CO)C2)nc(N2CC[C@@H](N(C)C)C2)c1C. The second-order valence-electron chi connectivity index (χ2n) is 8.06. The molecule has 7 nitrogen and oxygen atoms in total. The molecule has 1 amide bonds. The smallest absolute Gasteiger partial charge is 0.291 e. The standard InChI is InChI=1S/C18H29N5O2/c1-12-13(2)19-15(17(25)23-9-18(3,10-23)11-24)20-16(12)22-7-6-14(8-22)21(4)5/h14,24H,6-11H2,1-5H3/t14-/m1/s1. The van der Waals surface area contributed by atoms with E-state index in [1.165, 1.54) is 0 Å². The normalized spacial score (nSPS) is 22.4. The van der Waals surface area contributed by atoms with Crippen molar-refractivity contribution in [1.82, 2.24) is 19.8 Å². The van der Waals surface area contributed by atoms with Gasteiger partial charge < -0.3 is 19.8 Å². The monoisotopic (exact) mass is 347 g/mol. The first-order chi connectivity index (χ1) is 11.7. The van der Waals surface area contributed by atoms with Gasteiger partial charge in [-0.05, 0) is 34.4 Å². The maximum Gasteiger partial charge on any atom is 0.291 e. The summed E-state index contributed by atoms with van der Waals surface area (Å²) in [5.41, 5.74) is 1.71. The predicted molar refractivity (Wildman–Crippen MR) is 96.9 cm³/mol. The molecule has 1 aromatic heterocycles. The van der Waals surface area contributed by atoms with Crippen molar-refractivity contribution in [3.8, 4) is 0 Å². The Hall–Kier alpha value is -1.73. The van der Waals surface area contributed by atoms with Crippen molar-refractivity contribution in [2.45, 2.75) is 33.2 Å². The van der Waals surface area contributed by atoms with Crippen LogP contribution < -0.4 is 4.90 Å². The molecular weight excluding hydrogens is 318 g/mol. The molecule has 7 heteroatoms. The van der Waals surface area contributed by atoms with Gasteiger partial charge in [-0.15, -0.1) is 0 Å². The zero-order valence-electron chi connectivity index (χ0n) is 15.9. The quantitative estimate of drug-likeness (QED) is 0.864. The lowest BCUT2D eigenvalue weighted by Crippen LogP contribution is -2.58. The first-order valence-corrected chi connectivity index (χ1v) is 8.91. The average molecular weight is 347 g/mol. The molecule has 2 saturated heterocycles. The third-order valence-electron chi connectivity index (χ3n) is 5.56. The van der Waals surface area contributed by atoms with Crippen LogP contribution in [0.15, 0.2) is 0 Å². The van der Waals surface area contributed by atoms with Crippen LogP contribution in [0.4, 0.5) is 5.82 Å². The van der Waals surface area contributed by atoms with Gasteiger partial charge in [0, 0.05) is 48.9 Å². The van der Waals surface area contributed by atoms with Gasteiger partial charge in [-0.3, -0.25) is 4.79 Å². The Kier molecular flexibility index (Phi) is 4.72. The van der Waals surface area contributed by atoms with Gasteiger partial charge in [0.15, 0.2) is 0 Å². The minimum Gasteiger partial charge on any atom is -0.396 e. The average Bonchev–Trinajstić information content (AvgIpc) is 3.03. The number of likely N-dealkylation sites (tertiary alicyclic amines) is 1. The number of aryl methyl sites for hydroxylation is 1. The Bertz CT molecular complexity index is 670. The number of aliphatic hydroxyl groups excluding tert-OH is 1. The van der Waals surface area contributed by atoms with E-state index in [0.29, 0.717) is 19.1 Å². The molecule has 1 atom stereocenters. The molecule has 2 aliphatic rings. The van der Waals surface area contributed by atoms with Crippen molar-refractivity contribution in [1.29, 1.82) is 0 Å². The number of aliphatic hydroxyl groups is 1. The summed E-state index contributed by atoms with van der Waals surface area (Å²) >= 11 is 0. The minimum absolute atomic E-state index is 0.0928. The predicted octanol–water partition coefficient (Wildman–Crippen LogP) is 0.688. The Balaban J connectivity index is 1.81. The number of carbonyl (C=O) groups is 1. The van der Waals surface area contributed by atoms with Crippen LogP contribution in [-0.4, -0.2) is 83.7 Å². The van der Waals surface area contributed by atoms with Crippen molar-refractivity contribution >= 4 is 11.7 Å². The molecule has 0 aromatic carbocycles. The molecule has 0 radical (unpaired) electrons. The van der Waals surface area contributed by atoms with Gasteiger partial charge in [-0.1, -0.05) is 6.92 Å². The van der Waals surface area contributed by atoms with Crippen molar-refractivity contribution < 1.29 is 9.90 Å². The lowest BCUT2D eigenvalue weighted by Gasteiger charge is -2.46. The highest BCUT2D eigenvalue weighted by molar-refractivity contribution is 5.91. The summed E-state index contributed by atoms with van der Waals surface area (Å²) in [7, 11) is 4.20. The van der Waals surface area contributed by atoms with Crippen molar-refractivity contribution in [3.05, 3.63) is 17.1 Å². The molecule has 2 fully saturated rings. The number of anilines is 1. The first kappa shape index (κ1) is 18.1. The highest BCUT2D eigenvalue weighted by Gasteiger charge is 2.42. The number of hydrogen-bond acceptors (Lipinski definition) is 6. The Morgan fingerprint density at radius 3 is 2.56 bits per heavy atom. The van der Waals surface area contributed by atoms with E-state index in [1.54, 1.807) is 4.90 Å². The number of nitrogens with zero attached hydrogens (tertiary/aromatic N) is 5. The molecule has 0 bridgehead atoms. The number of amides is 1. The van der Waals surface area contributed by atoms with Gasteiger partial charge in [0.1, 0.15) is 5.82 Å². The van der Waals surface area contributed by atoms with Gasteiger partial charge >= 0.3 is 0 Å². The number of carbonyl (C=O) groups excluding carboxylic acids is 1. The molecule has 2 aliphatic heterocycles. The molecule has 1 aromatic rings. The molecule has 138 valence electrons. The third kappa shape index (κ3) is 3.35. The molecule has 0 spiro atoms. The second kappa shape index (κ2) is 6.53. The topological polar surface area (TPSA) is 72.8 Å². The highest BCUT2D eigenvalue weighted by atomic mass is 16.3. The van der Waals surface area contributed by atoms with E-state index in [2.05, 4.69) is 33.9 Å². The summed E-state index contributed by atoms with van der Waals surface area (Å²) in [6.07, 6.45) is 1.10. The van der Waals surface area contributed by atoms with E-state index >= 15 is 0 Å². The van der Waals surface area contributed by atoms with Crippen LogP contribution in [0.25, 0.3) is 0 Å². The lowest BCUT2D eigenvalue weighted by atomic mass is 9.83. The van der Waals surface area contributed by atoms with Gasteiger partial charge in [-0.25, -0.2) is 9.97 Å². The van der Waals surface area contributed by atoms with Crippen LogP contribution in [0.2, 0.25) is 0 Å². The highest BCUT2D eigenvalue weighted by Crippen LogP contribution is 2.31. The van der Waals surface area contributed by atoms with E-state index in [1.807, 2.05) is 20.8 Å². The first-order valence-electron chi connectivity index (χ1n) is 8.91. The van der Waals surface area contributed by atoms with Gasteiger partial charge in [-0.2, -0.15) is 0 Å². The third-order valence-corrected chi connectivity index (χ3v) is 5.56. The zero-order valence-corrected chi connectivity index (χ0v) is 15.9. The number of hydrogen-bond donors (Lipinski definition) is 1. The van der Waals surface area contributed by atoms with Gasteiger partial charge in [0.05, 0.1) is 6.61 Å².